The largest absolute Gasteiger partial charge is 0.490 e. The van der Waals surface area contributed by atoms with Gasteiger partial charge in [-0.3, -0.25) is 4.98 Å². The number of rotatable bonds is 5. The van der Waals surface area contributed by atoms with E-state index in [9.17, 15) is 18.3 Å². The highest BCUT2D eigenvalue weighted by atomic mass is 35.5. The molecular formula is C21H21ClF3N3O2. The normalized spacial score (nSPS) is 21.8. The van der Waals surface area contributed by atoms with E-state index >= 15 is 0 Å². The third-order valence-electron chi connectivity index (χ3n) is 6.30. The molecule has 1 spiro atoms. The molecule has 160 valence electrons. The SMILES string of the molecule is OC(c1cnccc1OC1CC1)C1CC2(C1)CN(c1cnc(C(F)(F)F)c(Cl)c1)C2. The second-order valence-corrected chi connectivity index (χ2v) is 9.13. The van der Waals surface area contributed by atoms with Crippen LogP contribution in [0, 0.1) is 11.3 Å². The zero-order chi connectivity index (χ0) is 21.1. The number of hydrogen-bond acceptors (Lipinski definition) is 5. The molecule has 3 aliphatic rings. The van der Waals surface area contributed by atoms with Crippen LogP contribution in [0.4, 0.5) is 18.9 Å². The summed E-state index contributed by atoms with van der Waals surface area (Å²) in [6.45, 7) is 1.44. The second-order valence-electron chi connectivity index (χ2n) is 8.72. The number of halogens is 4. The van der Waals surface area contributed by atoms with Crippen molar-refractivity contribution in [3.8, 4) is 5.75 Å². The van der Waals surface area contributed by atoms with Crippen LogP contribution in [0.15, 0.2) is 30.7 Å². The van der Waals surface area contributed by atoms with E-state index in [0.717, 1.165) is 44.3 Å². The van der Waals surface area contributed by atoms with Crippen LogP contribution in [-0.2, 0) is 6.18 Å². The summed E-state index contributed by atoms with van der Waals surface area (Å²) in [5.74, 6) is 0.828. The van der Waals surface area contributed by atoms with Crippen molar-refractivity contribution in [2.24, 2.45) is 11.3 Å². The van der Waals surface area contributed by atoms with Gasteiger partial charge in [-0.2, -0.15) is 13.2 Å². The van der Waals surface area contributed by atoms with Gasteiger partial charge in [-0.25, -0.2) is 4.98 Å². The summed E-state index contributed by atoms with van der Waals surface area (Å²) in [6, 6.07) is 3.13. The molecule has 1 unspecified atom stereocenters. The predicted octanol–water partition coefficient (Wildman–Crippen LogP) is 4.64. The highest BCUT2D eigenvalue weighted by Gasteiger charge is 2.54. The Balaban J connectivity index is 1.20. The van der Waals surface area contributed by atoms with Crippen LogP contribution in [0.1, 0.15) is 43.0 Å². The Kier molecular flexibility index (Phi) is 4.63. The molecule has 1 saturated heterocycles. The zero-order valence-corrected chi connectivity index (χ0v) is 16.8. The summed E-state index contributed by atoms with van der Waals surface area (Å²) in [6.07, 6.45) is 3.42. The van der Waals surface area contributed by atoms with Crippen molar-refractivity contribution in [3.63, 3.8) is 0 Å². The first-order chi connectivity index (χ1) is 14.2. The number of pyridine rings is 2. The number of aromatic nitrogens is 2. The Bertz CT molecular complexity index is 953. The van der Waals surface area contributed by atoms with Crippen LogP contribution in [0.5, 0.6) is 5.75 Å². The molecule has 0 aromatic carbocycles. The van der Waals surface area contributed by atoms with Gasteiger partial charge < -0.3 is 14.7 Å². The fourth-order valence-electron chi connectivity index (χ4n) is 4.63. The van der Waals surface area contributed by atoms with Gasteiger partial charge in [-0.1, -0.05) is 11.6 Å². The van der Waals surface area contributed by atoms with Crippen LogP contribution in [0.3, 0.4) is 0 Å². The molecule has 0 amide bonds. The summed E-state index contributed by atoms with van der Waals surface area (Å²) in [5.41, 5.74) is 0.352. The van der Waals surface area contributed by atoms with E-state index in [2.05, 4.69) is 9.97 Å². The van der Waals surface area contributed by atoms with Crippen molar-refractivity contribution < 1.29 is 23.0 Å². The summed E-state index contributed by atoms with van der Waals surface area (Å²) in [7, 11) is 0. The summed E-state index contributed by atoms with van der Waals surface area (Å²) in [5, 5.41) is 10.5. The molecule has 2 aliphatic carbocycles. The van der Waals surface area contributed by atoms with Crippen molar-refractivity contribution in [2.75, 3.05) is 18.0 Å². The maximum Gasteiger partial charge on any atom is 0.434 e. The molecule has 2 aromatic heterocycles. The van der Waals surface area contributed by atoms with E-state index in [1.807, 2.05) is 4.90 Å². The van der Waals surface area contributed by atoms with Gasteiger partial charge in [0.25, 0.3) is 0 Å². The van der Waals surface area contributed by atoms with Gasteiger partial charge in [-0.05, 0) is 43.7 Å². The van der Waals surface area contributed by atoms with Gasteiger partial charge in [0.15, 0.2) is 5.69 Å². The molecule has 3 heterocycles. The van der Waals surface area contributed by atoms with E-state index in [4.69, 9.17) is 16.3 Å². The number of aliphatic hydroxyl groups is 1. The minimum absolute atomic E-state index is 0.0839. The fourth-order valence-corrected chi connectivity index (χ4v) is 4.90. The van der Waals surface area contributed by atoms with Gasteiger partial charge in [-0.15, -0.1) is 0 Å². The van der Waals surface area contributed by atoms with Gasteiger partial charge >= 0.3 is 6.18 Å². The molecule has 3 fully saturated rings. The number of alkyl halides is 3. The third-order valence-corrected chi connectivity index (χ3v) is 6.58. The van der Waals surface area contributed by atoms with E-state index in [-0.39, 0.29) is 22.5 Å². The monoisotopic (exact) mass is 439 g/mol. The third kappa shape index (κ3) is 3.60. The molecule has 2 saturated carbocycles. The molecule has 30 heavy (non-hydrogen) atoms. The minimum Gasteiger partial charge on any atom is -0.490 e. The first-order valence-corrected chi connectivity index (χ1v) is 10.4. The van der Waals surface area contributed by atoms with E-state index in [0.29, 0.717) is 11.4 Å². The molecule has 0 radical (unpaired) electrons. The molecule has 1 aliphatic heterocycles. The Hall–Kier alpha value is -2.06. The first-order valence-electron chi connectivity index (χ1n) is 10.0. The smallest absolute Gasteiger partial charge is 0.434 e. The van der Waals surface area contributed by atoms with Gasteiger partial charge in [0.2, 0.25) is 0 Å². The first kappa shape index (κ1) is 19.9. The van der Waals surface area contributed by atoms with Crippen LogP contribution in [0.25, 0.3) is 0 Å². The number of ether oxygens (including phenoxy) is 1. The Labute approximate surface area is 176 Å². The molecule has 1 atom stereocenters. The highest BCUT2D eigenvalue weighted by molar-refractivity contribution is 6.31. The summed E-state index contributed by atoms with van der Waals surface area (Å²) in [4.78, 5) is 9.63. The molecule has 0 bridgehead atoms. The second kappa shape index (κ2) is 6.99. The molecule has 2 aromatic rings. The van der Waals surface area contributed by atoms with Gasteiger partial charge in [0.05, 0.1) is 29.1 Å². The average Bonchev–Trinajstić information content (AvgIpc) is 3.42. The quantitative estimate of drug-likeness (QED) is 0.735. The Morgan fingerprint density at radius 3 is 2.60 bits per heavy atom. The molecule has 9 heteroatoms. The summed E-state index contributed by atoms with van der Waals surface area (Å²) < 4.78 is 44.4. The van der Waals surface area contributed by atoms with Crippen molar-refractivity contribution in [1.82, 2.24) is 9.97 Å². The number of hydrogen-bond donors (Lipinski definition) is 1. The van der Waals surface area contributed by atoms with E-state index in [1.54, 1.807) is 18.5 Å². The highest BCUT2D eigenvalue weighted by Crippen LogP contribution is 2.57. The lowest BCUT2D eigenvalue weighted by molar-refractivity contribution is -0.141. The van der Waals surface area contributed by atoms with Crippen LogP contribution in [0.2, 0.25) is 5.02 Å². The summed E-state index contributed by atoms with van der Waals surface area (Å²) >= 11 is 5.79. The molecular weight excluding hydrogens is 419 g/mol. The lowest BCUT2D eigenvalue weighted by Gasteiger charge is -2.60. The number of anilines is 1. The topological polar surface area (TPSA) is 58.5 Å². The van der Waals surface area contributed by atoms with Crippen molar-refractivity contribution in [2.45, 2.75) is 44.1 Å². The Morgan fingerprint density at radius 1 is 1.23 bits per heavy atom. The zero-order valence-electron chi connectivity index (χ0n) is 16.1. The van der Waals surface area contributed by atoms with Crippen LogP contribution < -0.4 is 9.64 Å². The van der Waals surface area contributed by atoms with Gasteiger partial charge in [0.1, 0.15) is 5.75 Å². The maximum absolute atomic E-state index is 12.8. The van der Waals surface area contributed by atoms with E-state index < -0.39 is 18.0 Å². The minimum atomic E-state index is -4.56. The van der Waals surface area contributed by atoms with Crippen LogP contribution in [-0.4, -0.2) is 34.3 Å². The lowest BCUT2D eigenvalue weighted by atomic mass is 9.55. The number of aliphatic hydroxyl groups excluding tert-OH is 1. The van der Waals surface area contributed by atoms with Crippen molar-refractivity contribution in [3.05, 3.63) is 47.0 Å². The standard InChI is InChI=1S/C21H21ClF3N3O2/c22-16-5-13(8-27-19(16)21(23,24)25)28-10-20(11-28)6-12(7-20)18(29)15-9-26-4-3-17(15)30-14-1-2-14/h3-5,8-9,12,14,18,29H,1-2,6-7,10-11H2. The fraction of sp³-hybridized carbons (Fsp3) is 0.524. The molecule has 5 rings (SSSR count). The van der Waals surface area contributed by atoms with Crippen molar-refractivity contribution in [1.29, 1.82) is 0 Å². The predicted molar refractivity (Wildman–Crippen MR) is 104 cm³/mol. The average molecular weight is 440 g/mol. The Morgan fingerprint density at radius 2 is 1.97 bits per heavy atom. The lowest BCUT2D eigenvalue weighted by Crippen LogP contribution is -2.63. The van der Waals surface area contributed by atoms with Crippen LogP contribution >= 0.6 is 11.6 Å². The van der Waals surface area contributed by atoms with Gasteiger partial charge in [0, 0.05) is 36.5 Å². The van der Waals surface area contributed by atoms with Crippen molar-refractivity contribution >= 4 is 17.3 Å². The number of nitrogens with zero attached hydrogens (tertiary/aromatic N) is 3. The van der Waals surface area contributed by atoms with E-state index in [1.165, 1.54) is 12.3 Å². The molecule has 5 nitrogen and oxygen atoms in total. The molecule has 1 N–H and O–H groups in total. The maximum atomic E-state index is 12.8.